The zero-order chi connectivity index (χ0) is 24.3. The molecule has 174 valence electrons. The van der Waals surface area contributed by atoms with E-state index in [1.54, 1.807) is 6.92 Å². The SMILES string of the molecule is C[C@H](CC(=O)c1ncnc(N)c1CN)c1ncc(C(=O)Nc2cc(C(F)(F)F)c(Cl)cn2)s1. The monoisotopic (exact) mass is 499 g/mol. The fourth-order valence-corrected chi connectivity index (χ4v) is 3.93. The number of ketones is 1. The van der Waals surface area contributed by atoms with Gasteiger partial charge in [-0.3, -0.25) is 9.59 Å². The van der Waals surface area contributed by atoms with Crippen LogP contribution in [0.25, 0.3) is 0 Å². The van der Waals surface area contributed by atoms with Crippen molar-refractivity contribution in [2.75, 3.05) is 11.1 Å². The van der Waals surface area contributed by atoms with Crippen molar-refractivity contribution in [3.05, 3.63) is 56.5 Å². The molecule has 3 aromatic rings. The van der Waals surface area contributed by atoms with E-state index in [0.29, 0.717) is 16.6 Å². The van der Waals surface area contributed by atoms with Gasteiger partial charge in [-0.2, -0.15) is 13.2 Å². The van der Waals surface area contributed by atoms with Crippen molar-refractivity contribution in [3.8, 4) is 0 Å². The third kappa shape index (κ3) is 5.61. The Labute approximate surface area is 194 Å². The van der Waals surface area contributed by atoms with E-state index in [2.05, 4.69) is 25.3 Å². The fourth-order valence-electron chi connectivity index (χ4n) is 2.85. The molecule has 3 rings (SSSR count). The van der Waals surface area contributed by atoms with Gasteiger partial charge in [0.2, 0.25) is 0 Å². The molecule has 0 saturated carbocycles. The van der Waals surface area contributed by atoms with Crippen molar-refractivity contribution >= 4 is 46.3 Å². The molecule has 0 aromatic carbocycles. The maximum Gasteiger partial charge on any atom is 0.418 e. The highest BCUT2D eigenvalue weighted by molar-refractivity contribution is 7.13. The van der Waals surface area contributed by atoms with Gasteiger partial charge in [-0.1, -0.05) is 18.5 Å². The molecule has 0 saturated heterocycles. The molecule has 1 amide bonds. The topological polar surface area (TPSA) is 150 Å². The van der Waals surface area contributed by atoms with Crippen LogP contribution in [0.5, 0.6) is 0 Å². The number of nitrogens with one attached hydrogen (secondary N) is 1. The number of carbonyl (C=O) groups is 2. The second-order valence-corrected chi connectivity index (χ2v) is 8.35. The number of anilines is 2. The van der Waals surface area contributed by atoms with Gasteiger partial charge >= 0.3 is 6.18 Å². The second-order valence-electron chi connectivity index (χ2n) is 6.88. The molecule has 0 aliphatic carbocycles. The Hall–Kier alpha value is -3.16. The fraction of sp³-hybridized carbons (Fsp3) is 0.263. The summed E-state index contributed by atoms with van der Waals surface area (Å²) in [6.45, 7) is 1.74. The number of hydrogen-bond acceptors (Lipinski definition) is 9. The van der Waals surface area contributed by atoms with Gasteiger partial charge in [0.05, 0.1) is 21.8 Å². The minimum atomic E-state index is -4.70. The summed E-state index contributed by atoms with van der Waals surface area (Å²) in [5, 5.41) is 2.18. The van der Waals surface area contributed by atoms with Crippen LogP contribution in [0.2, 0.25) is 5.02 Å². The minimum absolute atomic E-state index is 0.00150. The lowest BCUT2D eigenvalue weighted by Crippen LogP contribution is -2.15. The number of halogens is 4. The van der Waals surface area contributed by atoms with Crippen molar-refractivity contribution < 1.29 is 22.8 Å². The van der Waals surface area contributed by atoms with Crippen molar-refractivity contribution in [2.45, 2.75) is 32.0 Å². The maximum absolute atomic E-state index is 13.0. The van der Waals surface area contributed by atoms with E-state index < -0.39 is 22.7 Å². The van der Waals surface area contributed by atoms with Crippen LogP contribution in [-0.2, 0) is 12.7 Å². The zero-order valence-electron chi connectivity index (χ0n) is 17.0. The summed E-state index contributed by atoms with van der Waals surface area (Å²) < 4.78 is 39.0. The number of Topliss-reactive ketones (excluding diaryl/α,β-unsaturated/α-hetero) is 1. The number of thiazole rings is 1. The molecule has 9 nitrogen and oxygen atoms in total. The number of aromatic nitrogens is 4. The summed E-state index contributed by atoms with van der Waals surface area (Å²) in [6, 6.07) is 0.645. The lowest BCUT2D eigenvalue weighted by atomic mass is 10.0. The first-order chi connectivity index (χ1) is 15.5. The van der Waals surface area contributed by atoms with Crippen LogP contribution < -0.4 is 16.8 Å². The lowest BCUT2D eigenvalue weighted by Gasteiger charge is -2.11. The zero-order valence-corrected chi connectivity index (χ0v) is 18.6. The molecule has 0 aliphatic rings. The van der Waals surface area contributed by atoms with Gasteiger partial charge in [0, 0.05) is 30.6 Å². The number of hydrogen-bond donors (Lipinski definition) is 3. The van der Waals surface area contributed by atoms with Gasteiger partial charge in [0.25, 0.3) is 5.91 Å². The van der Waals surface area contributed by atoms with Crippen LogP contribution in [0.1, 0.15) is 55.6 Å². The summed E-state index contributed by atoms with van der Waals surface area (Å²) in [6.07, 6.45) is -1.43. The summed E-state index contributed by atoms with van der Waals surface area (Å²) in [4.78, 5) is 40.9. The predicted octanol–water partition coefficient (Wildman–Crippen LogP) is 3.67. The molecule has 0 radical (unpaired) electrons. The normalized spacial score (nSPS) is 12.4. The third-order valence-electron chi connectivity index (χ3n) is 4.51. The number of nitrogen functional groups attached to an aromatic ring is 1. The Morgan fingerprint density at radius 1 is 1.21 bits per heavy atom. The van der Waals surface area contributed by atoms with Gasteiger partial charge in [-0.05, 0) is 6.07 Å². The Morgan fingerprint density at radius 3 is 2.61 bits per heavy atom. The summed E-state index contributed by atoms with van der Waals surface area (Å²) in [5.74, 6) is -1.58. The van der Waals surface area contributed by atoms with E-state index >= 15 is 0 Å². The van der Waals surface area contributed by atoms with Gasteiger partial charge < -0.3 is 16.8 Å². The molecule has 3 heterocycles. The van der Waals surface area contributed by atoms with Crippen LogP contribution in [0.15, 0.2) is 24.8 Å². The summed E-state index contributed by atoms with van der Waals surface area (Å²) in [5.41, 5.74) is 10.7. The number of amides is 1. The van der Waals surface area contributed by atoms with Crippen molar-refractivity contribution in [1.29, 1.82) is 0 Å². The van der Waals surface area contributed by atoms with Crippen molar-refractivity contribution in [2.24, 2.45) is 5.73 Å². The highest BCUT2D eigenvalue weighted by Crippen LogP contribution is 2.35. The first kappa shape index (κ1) is 24.5. The minimum Gasteiger partial charge on any atom is -0.383 e. The molecule has 0 bridgehead atoms. The molecule has 0 fully saturated rings. The first-order valence-electron chi connectivity index (χ1n) is 9.33. The first-order valence-corrected chi connectivity index (χ1v) is 10.5. The maximum atomic E-state index is 13.0. The van der Waals surface area contributed by atoms with Crippen LogP contribution in [0, 0.1) is 0 Å². The Kier molecular flexibility index (Phi) is 7.25. The third-order valence-corrected chi connectivity index (χ3v) is 6.04. The number of pyridine rings is 1. The molecule has 5 N–H and O–H groups in total. The number of rotatable bonds is 7. The smallest absolute Gasteiger partial charge is 0.383 e. The summed E-state index contributed by atoms with van der Waals surface area (Å²) >= 11 is 6.53. The van der Waals surface area contributed by atoms with Crippen LogP contribution in [0.4, 0.5) is 24.8 Å². The standard InChI is InChI=1S/C19H17ClF3N7O2S/c1-8(2-12(31)15-9(4-24)16(25)29-7-28-15)18-27-6-13(33-18)17(32)30-14-3-10(19(21,22)23)11(20)5-26-14/h3,5-8H,2,4,24H2,1H3,(H2,25,28,29)(H,26,30,32)/t8-/m1/s1. The predicted molar refractivity (Wildman–Crippen MR) is 116 cm³/mol. The molecule has 1 atom stereocenters. The molecule has 3 aromatic heterocycles. The average Bonchev–Trinajstić information content (AvgIpc) is 3.24. The number of nitrogens with two attached hydrogens (primary N) is 2. The molecule has 14 heteroatoms. The van der Waals surface area contributed by atoms with E-state index in [1.807, 2.05) is 0 Å². The van der Waals surface area contributed by atoms with E-state index in [0.717, 1.165) is 17.5 Å². The van der Waals surface area contributed by atoms with Crippen molar-refractivity contribution in [3.63, 3.8) is 0 Å². The van der Waals surface area contributed by atoms with Gasteiger partial charge in [-0.25, -0.2) is 19.9 Å². The van der Waals surface area contributed by atoms with Gasteiger partial charge in [0.15, 0.2) is 5.78 Å². The number of alkyl halides is 3. The highest BCUT2D eigenvalue weighted by Gasteiger charge is 2.34. The van der Waals surface area contributed by atoms with E-state index in [9.17, 15) is 22.8 Å². The molecule has 0 spiro atoms. The highest BCUT2D eigenvalue weighted by atomic mass is 35.5. The van der Waals surface area contributed by atoms with Crippen molar-refractivity contribution in [1.82, 2.24) is 19.9 Å². The second kappa shape index (κ2) is 9.77. The summed E-state index contributed by atoms with van der Waals surface area (Å²) in [7, 11) is 0. The van der Waals surface area contributed by atoms with Crippen LogP contribution >= 0.6 is 22.9 Å². The van der Waals surface area contributed by atoms with Gasteiger partial charge in [-0.15, -0.1) is 11.3 Å². The Balaban J connectivity index is 1.71. The number of carbonyl (C=O) groups excluding carboxylic acids is 2. The van der Waals surface area contributed by atoms with Crippen LogP contribution in [-0.4, -0.2) is 31.6 Å². The van der Waals surface area contributed by atoms with E-state index in [1.165, 1.54) is 12.5 Å². The Morgan fingerprint density at radius 2 is 1.94 bits per heavy atom. The lowest BCUT2D eigenvalue weighted by molar-refractivity contribution is -0.137. The molecule has 33 heavy (non-hydrogen) atoms. The average molecular weight is 500 g/mol. The molecule has 0 aliphatic heterocycles. The molecular weight excluding hydrogens is 483 g/mol. The van der Waals surface area contributed by atoms with Crippen LogP contribution in [0.3, 0.4) is 0 Å². The Bertz CT molecular complexity index is 1200. The van der Waals surface area contributed by atoms with E-state index in [4.69, 9.17) is 23.1 Å². The quantitative estimate of drug-likeness (QED) is 0.417. The van der Waals surface area contributed by atoms with E-state index in [-0.39, 0.29) is 46.9 Å². The van der Waals surface area contributed by atoms with Gasteiger partial charge in [0.1, 0.15) is 28.5 Å². The molecular formula is C19H17ClF3N7O2S. The largest absolute Gasteiger partial charge is 0.418 e. The number of nitrogens with zero attached hydrogens (tertiary/aromatic N) is 4. The molecule has 0 unspecified atom stereocenters.